The van der Waals surface area contributed by atoms with Gasteiger partial charge in [-0.3, -0.25) is 10.1 Å². The van der Waals surface area contributed by atoms with Gasteiger partial charge in [0.05, 0.1) is 15.8 Å². The molecule has 0 saturated carbocycles. The normalized spacial score (nSPS) is 10.7. The summed E-state index contributed by atoms with van der Waals surface area (Å²) in [5, 5.41) is 12.9. The average molecular weight is 446 g/mol. The van der Waals surface area contributed by atoms with Crippen molar-refractivity contribution in [3.8, 4) is 22.5 Å². The van der Waals surface area contributed by atoms with E-state index in [1.807, 2.05) is 48.5 Å². The summed E-state index contributed by atoms with van der Waals surface area (Å²) in [7, 11) is 0. The zero-order valence-electron chi connectivity index (χ0n) is 18.7. The monoisotopic (exact) mass is 445 g/mol. The number of nitro benzene ring substituents is 1. The second-order valence-corrected chi connectivity index (χ2v) is 8.18. The Morgan fingerprint density at radius 3 is 1.91 bits per heavy atom. The molecule has 2 heterocycles. The van der Waals surface area contributed by atoms with Crippen LogP contribution in [0.4, 0.5) is 5.69 Å². The van der Waals surface area contributed by atoms with E-state index in [0.717, 1.165) is 16.8 Å². The van der Waals surface area contributed by atoms with E-state index in [-0.39, 0.29) is 10.6 Å². The Kier molecular flexibility index (Phi) is 5.67. The molecule has 34 heavy (non-hydrogen) atoms. The Bertz CT molecular complexity index is 1580. The quantitative estimate of drug-likeness (QED) is 0.215. The van der Waals surface area contributed by atoms with Crippen molar-refractivity contribution in [1.82, 2.24) is 9.97 Å². The van der Waals surface area contributed by atoms with Crippen LogP contribution in [-0.4, -0.2) is 14.9 Å². The molecule has 2 aromatic heterocycles. The lowest BCUT2D eigenvalue weighted by Gasteiger charge is -1.95. The fourth-order valence-corrected chi connectivity index (χ4v) is 4.09. The third-order valence-corrected chi connectivity index (χ3v) is 5.79. The van der Waals surface area contributed by atoms with Crippen molar-refractivity contribution in [2.24, 2.45) is 0 Å². The highest BCUT2D eigenvalue weighted by Crippen LogP contribution is 2.30. The van der Waals surface area contributed by atoms with Gasteiger partial charge in [-0.2, -0.15) is 0 Å². The van der Waals surface area contributed by atoms with Gasteiger partial charge in [-0.25, -0.2) is 0 Å². The van der Waals surface area contributed by atoms with Crippen LogP contribution in [0.5, 0.6) is 0 Å². The maximum Gasteiger partial charge on any atom is 0.278 e. The molecule has 0 aliphatic heterocycles. The predicted molar refractivity (Wildman–Crippen MR) is 139 cm³/mol. The number of aromatic nitrogens is 2. The van der Waals surface area contributed by atoms with Gasteiger partial charge in [-0.05, 0) is 47.9 Å². The molecule has 0 aliphatic rings. The van der Waals surface area contributed by atoms with Gasteiger partial charge in [0.25, 0.3) is 5.69 Å². The molecule has 0 spiro atoms. The minimum atomic E-state index is -0.356. The smallest absolute Gasteiger partial charge is 0.278 e. The predicted octanol–water partition coefficient (Wildman–Crippen LogP) is 7.89. The molecular formula is C29H23N3O2. The number of nitrogens with one attached hydrogen (secondary N) is 2. The molecule has 0 fully saturated rings. The first-order chi connectivity index (χ1) is 16.6. The molecule has 6 rings (SSSR count). The van der Waals surface area contributed by atoms with Crippen LogP contribution >= 0.6 is 0 Å². The first-order valence-electron chi connectivity index (χ1n) is 11.0. The topological polar surface area (TPSA) is 74.7 Å². The maximum atomic E-state index is 11.0. The van der Waals surface area contributed by atoms with Gasteiger partial charge in [0.2, 0.25) is 0 Å². The molecule has 0 saturated heterocycles. The fraction of sp³-hybridized carbons (Fsp3) is 0.0345. The molecule has 0 unspecified atom stereocenters. The summed E-state index contributed by atoms with van der Waals surface area (Å²) in [6.07, 6.45) is 0. The number of aromatic amines is 2. The molecule has 5 nitrogen and oxygen atoms in total. The van der Waals surface area contributed by atoms with Crippen LogP contribution in [0, 0.1) is 17.0 Å². The van der Waals surface area contributed by atoms with Crippen LogP contribution < -0.4 is 0 Å². The Hall–Kier alpha value is -4.64. The van der Waals surface area contributed by atoms with E-state index in [0.29, 0.717) is 5.39 Å². The lowest BCUT2D eigenvalue weighted by molar-refractivity contribution is -0.383. The standard InChI is InChI=1S/C15H13N.C14H10N2O2/c1-11-7-8-13-10-15(16-14(13)9-11)12-5-3-2-4-6-12;17-16(18)14-8-4-7-12-11(14)9-13(15-12)10-5-2-1-3-6-10/h2-10,16H,1H3;1-9,15H. The molecule has 0 amide bonds. The van der Waals surface area contributed by atoms with E-state index in [4.69, 9.17) is 0 Å². The number of benzene rings is 4. The summed E-state index contributed by atoms with van der Waals surface area (Å²) in [5.41, 5.74) is 7.72. The van der Waals surface area contributed by atoms with Crippen LogP contribution in [0.25, 0.3) is 44.3 Å². The number of H-pyrrole nitrogens is 2. The van der Waals surface area contributed by atoms with Gasteiger partial charge < -0.3 is 9.97 Å². The Labute approximate surface area is 196 Å². The highest BCUT2D eigenvalue weighted by atomic mass is 16.6. The van der Waals surface area contributed by atoms with Gasteiger partial charge in [0, 0.05) is 28.4 Å². The molecule has 0 radical (unpaired) electrons. The summed E-state index contributed by atoms with van der Waals surface area (Å²) >= 11 is 0. The molecule has 0 aliphatic carbocycles. The van der Waals surface area contributed by atoms with Crippen LogP contribution in [0.2, 0.25) is 0 Å². The Morgan fingerprint density at radius 2 is 1.26 bits per heavy atom. The van der Waals surface area contributed by atoms with Crippen molar-refractivity contribution < 1.29 is 4.92 Å². The largest absolute Gasteiger partial charge is 0.355 e. The number of nitrogens with zero attached hydrogens (tertiary/aromatic N) is 1. The SMILES string of the molecule is Cc1ccc2cc(-c3ccccc3)[nH]c2c1.O=[N+]([O-])c1cccc2[nH]c(-c3ccccc3)cc12. The third-order valence-electron chi connectivity index (χ3n) is 5.79. The number of nitro groups is 1. The second-order valence-electron chi connectivity index (χ2n) is 8.18. The highest BCUT2D eigenvalue weighted by molar-refractivity contribution is 5.93. The lowest BCUT2D eigenvalue weighted by Crippen LogP contribution is -1.87. The van der Waals surface area contributed by atoms with Gasteiger partial charge in [-0.1, -0.05) is 78.9 Å². The average Bonchev–Trinajstić information content (AvgIpc) is 3.49. The molecule has 0 atom stereocenters. The number of rotatable bonds is 3. The van der Waals surface area contributed by atoms with E-state index in [2.05, 4.69) is 65.4 Å². The summed E-state index contributed by atoms with van der Waals surface area (Å²) in [6.45, 7) is 2.11. The minimum Gasteiger partial charge on any atom is -0.355 e. The first-order valence-corrected chi connectivity index (χ1v) is 11.0. The summed E-state index contributed by atoms with van der Waals surface area (Å²) in [6, 6.07) is 35.7. The second kappa shape index (κ2) is 9.08. The van der Waals surface area contributed by atoms with Gasteiger partial charge >= 0.3 is 0 Å². The first kappa shape index (κ1) is 21.2. The summed E-state index contributed by atoms with van der Waals surface area (Å²) in [4.78, 5) is 17.3. The number of hydrogen-bond donors (Lipinski definition) is 2. The van der Waals surface area contributed by atoms with Crippen molar-refractivity contribution in [2.45, 2.75) is 6.92 Å². The van der Waals surface area contributed by atoms with Crippen LogP contribution in [0.1, 0.15) is 5.56 Å². The van der Waals surface area contributed by atoms with E-state index in [1.54, 1.807) is 6.07 Å². The summed E-state index contributed by atoms with van der Waals surface area (Å²) < 4.78 is 0. The molecule has 2 N–H and O–H groups in total. The highest BCUT2D eigenvalue weighted by Gasteiger charge is 2.14. The molecule has 6 aromatic rings. The fourth-order valence-electron chi connectivity index (χ4n) is 4.09. The van der Waals surface area contributed by atoms with Gasteiger partial charge in [0.15, 0.2) is 0 Å². The van der Waals surface area contributed by atoms with Crippen molar-refractivity contribution in [1.29, 1.82) is 0 Å². The molecule has 0 bridgehead atoms. The third kappa shape index (κ3) is 4.32. The van der Waals surface area contributed by atoms with E-state index in [1.165, 1.54) is 33.8 Å². The number of fused-ring (bicyclic) bond motifs is 2. The van der Waals surface area contributed by atoms with Gasteiger partial charge in [-0.15, -0.1) is 0 Å². The molecular weight excluding hydrogens is 422 g/mol. The molecule has 4 aromatic carbocycles. The molecule has 166 valence electrons. The van der Waals surface area contributed by atoms with Crippen molar-refractivity contribution in [3.63, 3.8) is 0 Å². The number of hydrogen-bond acceptors (Lipinski definition) is 2. The van der Waals surface area contributed by atoms with Crippen molar-refractivity contribution in [3.05, 3.63) is 125 Å². The lowest BCUT2D eigenvalue weighted by atomic mass is 10.1. The minimum absolute atomic E-state index is 0.130. The zero-order valence-corrected chi connectivity index (χ0v) is 18.7. The van der Waals surface area contributed by atoms with Crippen LogP contribution in [0.15, 0.2) is 109 Å². The summed E-state index contributed by atoms with van der Waals surface area (Å²) in [5.74, 6) is 0. The van der Waals surface area contributed by atoms with E-state index in [9.17, 15) is 10.1 Å². The van der Waals surface area contributed by atoms with E-state index < -0.39 is 0 Å². The van der Waals surface area contributed by atoms with Crippen molar-refractivity contribution in [2.75, 3.05) is 0 Å². The number of non-ortho nitro benzene ring substituents is 1. The van der Waals surface area contributed by atoms with Crippen LogP contribution in [0.3, 0.4) is 0 Å². The van der Waals surface area contributed by atoms with E-state index >= 15 is 0 Å². The maximum absolute atomic E-state index is 11.0. The zero-order chi connectivity index (χ0) is 23.5. The van der Waals surface area contributed by atoms with Crippen LogP contribution in [-0.2, 0) is 0 Å². The molecule has 5 heteroatoms. The Morgan fingerprint density at radius 1 is 0.647 bits per heavy atom. The van der Waals surface area contributed by atoms with Gasteiger partial charge in [0.1, 0.15) is 0 Å². The Balaban J connectivity index is 0.000000142. The van der Waals surface area contributed by atoms with Crippen molar-refractivity contribution >= 4 is 27.5 Å². The number of aryl methyl sites for hydroxylation is 1.